The van der Waals surface area contributed by atoms with E-state index in [-0.39, 0.29) is 16.4 Å². The van der Waals surface area contributed by atoms with Gasteiger partial charge < -0.3 is 10.6 Å². The highest BCUT2D eigenvalue weighted by atomic mass is 32.2. The molecule has 1 aliphatic heterocycles. The molecule has 5 nitrogen and oxygen atoms in total. The van der Waals surface area contributed by atoms with Gasteiger partial charge in [0.2, 0.25) is 0 Å². The SMILES string of the molecule is CC(=O)c1sc(N2CCCC2)c(S(C)(=O)=O)c1N. The molecule has 1 saturated heterocycles. The number of hydrogen-bond donors (Lipinski definition) is 1. The summed E-state index contributed by atoms with van der Waals surface area (Å²) in [4.78, 5) is 14.0. The summed E-state index contributed by atoms with van der Waals surface area (Å²) < 4.78 is 23.7. The van der Waals surface area contributed by atoms with Crippen molar-refractivity contribution < 1.29 is 13.2 Å². The van der Waals surface area contributed by atoms with Crippen molar-refractivity contribution in [2.24, 2.45) is 0 Å². The van der Waals surface area contributed by atoms with Gasteiger partial charge in [0.05, 0.1) is 10.6 Å². The molecule has 0 radical (unpaired) electrons. The molecule has 18 heavy (non-hydrogen) atoms. The molecule has 0 unspecified atom stereocenters. The van der Waals surface area contributed by atoms with Crippen LogP contribution in [0.2, 0.25) is 0 Å². The predicted octanol–water partition coefficient (Wildman–Crippen LogP) is 1.54. The summed E-state index contributed by atoms with van der Waals surface area (Å²) in [6.07, 6.45) is 3.21. The van der Waals surface area contributed by atoms with Crippen molar-refractivity contribution in [3.63, 3.8) is 0 Å². The molecular weight excluding hydrogens is 272 g/mol. The lowest BCUT2D eigenvalue weighted by molar-refractivity contribution is 0.102. The minimum atomic E-state index is -3.42. The summed E-state index contributed by atoms with van der Waals surface area (Å²) in [6.45, 7) is 3.04. The van der Waals surface area contributed by atoms with Crippen LogP contribution in [0.25, 0.3) is 0 Å². The van der Waals surface area contributed by atoms with Gasteiger partial charge in [-0.05, 0) is 12.8 Å². The van der Waals surface area contributed by atoms with E-state index < -0.39 is 9.84 Å². The van der Waals surface area contributed by atoms with Crippen molar-refractivity contribution >= 4 is 37.6 Å². The lowest BCUT2D eigenvalue weighted by Crippen LogP contribution is -2.18. The Bertz CT molecular complexity index is 584. The van der Waals surface area contributed by atoms with E-state index in [1.54, 1.807) is 0 Å². The Labute approximate surface area is 111 Å². The number of carbonyl (C=O) groups excluding carboxylic acids is 1. The Morgan fingerprint density at radius 1 is 1.33 bits per heavy atom. The molecule has 2 heterocycles. The third kappa shape index (κ3) is 2.24. The van der Waals surface area contributed by atoms with Gasteiger partial charge in [0, 0.05) is 26.3 Å². The van der Waals surface area contributed by atoms with Gasteiger partial charge in [0.25, 0.3) is 0 Å². The second-order valence-electron chi connectivity index (χ2n) is 4.50. The second kappa shape index (κ2) is 4.55. The van der Waals surface area contributed by atoms with Crippen LogP contribution in [0.15, 0.2) is 4.90 Å². The highest BCUT2D eigenvalue weighted by Gasteiger charge is 2.29. The van der Waals surface area contributed by atoms with Crippen LogP contribution >= 0.6 is 11.3 Å². The van der Waals surface area contributed by atoms with Gasteiger partial charge in [-0.3, -0.25) is 4.79 Å². The molecule has 1 fully saturated rings. The first kappa shape index (κ1) is 13.4. The quantitative estimate of drug-likeness (QED) is 0.853. The van der Waals surface area contributed by atoms with Gasteiger partial charge in [-0.1, -0.05) is 0 Å². The topological polar surface area (TPSA) is 80.5 Å². The monoisotopic (exact) mass is 288 g/mol. The minimum absolute atomic E-state index is 0.108. The Morgan fingerprint density at radius 2 is 1.89 bits per heavy atom. The molecule has 1 aromatic heterocycles. The Morgan fingerprint density at radius 3 is 2.33 bits per heavy atom. The first-order valence-corrected chi connectivity index (χ1v) is 8.41. The fourth-order valence-electron chi connectivity index (χ4n) is 2.16. The van der Waals surface area contributed by atoms with Gasteiger partial charge >= 0.3 is 0 Å². The summed E-state index contributed by atoms with van der Waals surface area (Å²) in [6, 6.07) is 0. The summed E-state index contributed by atoms with van der Waals surface area (Å²) in [5, 5.41) is 0.623. The van der Waals surface area contributed by atoms with Crippen LogP contribution in [0.5, 0.6) is 0 Å². The molecule has 0 spiro atoms. The van der Waals surface area contributed by atoms with Gasteiger partial charge in [0.1, 0.15) is 9.90 Å². The molecule has 100 valence electrons. The Hall–Kier alpha value is -1.08. The first-order chi connectivity index (χ1) is 8.32. The third-order valence-corrected chi connectivity index (χ3v) is 5.62. The maximum absolute atomic E-state index is 11.9. The number of carbonyl (C=O) groups is 1. The molecule has 2 rings (SSSR count). The average molecular weight is 288 g/mol. The number of nitrogens with zero attached hydrogens (tertiary/aromatic N) is 1. The van der Waals surface area contributed by atoms with Crippen molar-refractivity contribution in [1.82, 2.24) is 0 Å². The number of hydrogen-bond acceptors (Lipinski definition) is 6. The number of anilines is 2. The smallest absolute Gasteiger partial charge is 0.180 e. The summed E-state index contributed by atoms with van der Waals surface area (Å²) >= 11 is 1.19. The van der Waals surface area contributed by atoms with Crippen LogP contribution in [0.4, 0.5) is 10.7 Å². The largest absolute Gasteiger partial charge is 0.396 e. The highest BCUT2D eigenvalue weighted by molar-refractivity contribution is 7.91. The van der Waals surface area contributed by atoms with E-state index in [0.717, 1.165) is 32.2 Å². The standard InChI is InChI=1S/C11H16N2O3S2/c1-7(14)9-8(12)10(18(2,15)16)11(17-9)13-5-3-4-6-13/h3-6,12H2,1-2H3. The normalized spacial score (nSPS) is 16.2. The number of nitrogens with two attached hydrogens (primary N) is 1. The second-order valence-corrected chi connectivity index (χ2v) is 7.45. The van der Waals surface area contributed by atoms with Crippen LogP contribution in [-0.4, -0.2) is 33.5 Å². The van der Waals surface area contributed by atoms with Crippen LogP contribution in [0.3, 0.4) is 0 Å². The zero-order valence-corrected chi connectivity index (χ0v) is 12.0. The van der Waals surface area contributed by atoms with E-state index in [2.05, 4.69) is 0 Å². The lowest BCUT2D eigenvalue weighted by Gasteiger charge is -2.16. The van der Waals surface area contributed by atoms with E-state index >= 15 is 0 Å². The van der Waals surface area contributed by atoms with E-state index in [1.807, 2.05) is 4.90 Å². The number of rotatable bonds is 3. The van der Waals surface area contributed by atoms with Crippen LogP contribution in [0, 0.1) is 0 Å². The fourth-order valence-corrected chi connectivity index (χ4v) is 4.82. The molecule has 1 aliphatic rings. The van der Waals surface area contributed by atoms with Crippen molar-refractivity contribution in [3.05, 3.63) is 4.88 Å². The van der Waals surface area contributed by atoms with Gasteiger partial charge in [-0.15, -0.1) is 11.3 Å². The summed E-state index contributed by atoms with van der Waals surface area (Å²) in [5.41, 5.74) is 5.95. The molecule has 0 atom stereocenters. The van der Waals surface area contributed by atoms with Crippen LogP contribution in [0.1, 0.15) is 29.4 Å². The van der Waals surface area contributed by atoms with Crippen molar-refractivity contribution in [2.45, 2.75) is 24.7 Å². The molecule has 0 bridgehead atoms. The zero-order chi connectivity index (χ0) is 13.5. The third-order valence-electron chi connectivity index (χ3n) is 2.97. The Kier molecular flexibility index (Phi) is 3.37. The lowest BCUT2D eigenvalue weighted by atomic mass is 10.3. The number of thiophene rings is 1. The van der Waals surface area contributed by atoms with Crippen LogP contribution in [-0.2, 0) is 9.84 Å². The highest BCUT2D eigenvalue weighted by Crippen LogP contribution is 2.42. The van der Waals surface area contributed by atoms with E-state index in [4.69, 9.17) is 5.73 Å². The maximum atomic E-state index is 11.9. The zero-order valence-electron chi connectivity index (χ0n) is 10.4. The number of Topliss-reactive ketones (excluding diaryl/α,β-unsaturated/α-hetero) is 1. The molecule has 0 saturated carbocycles. The number of ketones is 1. The maximum Gasteiger partial charge on any atom is 0.180 e. The van der Waals surface area contributed by atoms with Gasteiger partial charge in [-0.2, -0.15) is 0 Å². The minimum Gasteiger partial charge on any atom is -0.396 e. The van der Waals surface area contributed by atoms with E-state index in [0.29, 0.717) is 9.88 Å². The molecule has 7 heteroatoms. The Balaban J connectivity index is 2.64. The summed E-state index contributed by atoms with van der Waals surface area (Å²) in [5.74, 6) is -0.187. The predicted molar refractivity (Wildman–Crippen MR) is 73.3 cm³/mol. The molecule has 0 amide bonds. The van der Waals surface area contributed by atoms with Gasteiger partial charge in [0.15, 0.2) is 15.6 Å². The van der Waals surface area contributed by atoms with Crippen LogP contribution < -0.4 is 10.6 Å². The molecule has 1 aromatic rings. The molecule has 0 aliphatic carbocycles. The van der Waals surface area contributed by atoms with E-state index in [1.165, 1.54) is 18.3 Å². The van der Waals surface area contributed by atoms with Gasteiger partial charge in [-0.25, -0.2) is 8.42 Å². The average Bonchev–Trinajstić information content (AvgIpc) is 2.81. The number of nitrogen functional groups attached to an aromatic ring is 1. The van der Waals surface area contributed by atoms with Crippen molar-refractivity contribution in [2.75, 3.05) is 30.0 Å². The molecule has 0 aromatic carbocycles. The molecular formula is C11H16N2O3S2. The summed E-state index contributed by atoms with van der Waals surface area (Å²) in [7, 11) is -3.42. The first-order valence-electron chi connectivity index (χ1n) is 5.70. The van der Waals surface area contributed by atoms with Crippen molar-refractivity contribution in [3.8, 4) is 0 Å². The fraction of sp³-hybridized carbons (Fsp3) is 0.545. The van der Waals surface area contributed by atoms with E-state index in [9.17, 15) is 13.2 Å². The molecule has 2 N–H and O–H groups in total. The number of sulfone groups is 1. The van der Waals surface area contributed by atoms with Crippen molar-refractivity contribution in [1.29, 1.82) is 0 Å².